The number of aliphatic hydroxyl groups excluding tert-OH is 4. The molecule has 0 spiro atoms. The zero-order valence-electron chi connectivity index (χ0n) is 9.68. The van der Waals surface area contributed by atoms with E-state index in [1.165, 1.54) is 0 Å². The highest BCUT2D eigenvalue weighted by molar-refractivity contribution is 5.81. The van der Waals surface area contributed by atoms with E-state index in [1.54, 1.807) is 13.8 Å². The van der Waals surface area contributed by atoms with Crippen LogP contribution in [0.25, 0.3) is 0 Å². The third-order valence-electron chi connectivity index (χ3n) is 2.38. The highest BCUT2D eigenvalue weighted by Crippen LogP contribution is 2.19. The Labute approximate surface area is 94.9 Å². The van der Waals surface area contributed by atoms with Gasteiger partial charge in [-0.1, -0.05) is 13.8 Å². The Hall–Kier alpha value is -0.690. The van der Waals surface area contributed by atoms with E-state index in [-0.39, 0.29) is 26.2 Å². The molecule has 1 unspecified atom stereocenters. The van der Waals surface area contributed by atoms with Crippen LogP contribution in [0.15, 0.2) is 0 Å². The number of carbonyl (C=O) groups excluding carboxylic acids is 1. The monoisotopic (exact) mass is 235 g/mol. The number of amides is 1. The Kier molecular flexibility index (Phi) is 6.51. The Balaban J connectivity index is 3.98. The minimum absolute atomic E-state index is 0.166. The Morgan fingerprint density at radius 2 is 1.88 bits per heavy atom. The standard InChI is InChI=1S/C10H21NO5/c1-10(2,6-13)8(15)9(16)11-4-3-7(14)5-12/h7-8,12-15H,3-6H2,1-2H3,(H,11,16)/t7?,8-/m0/s1. The molecule has 0 aromatic carbocycles. The fourth-order valence-electron chi connectivity index (χ4n) is 0.991. The lowest BCUT2D eigenvalue weighted by atomic mass is 9.87. The quantitative estimate of drug-likeness (QED) is 0.358. The zero-order chi connectivity index (χ0) is 12.8. The maximum absolute atomic E-state index is 11.4. The van der Waals surface area contributed by atoms with E-state index in [0.29, 0.717) is 0 Å². The largest absolute Gasteiger partial charge is 0.396 e. The van der Waals surface area contributed by atoms with Crippen molar-refractivity contribution in [1.29, 1.82) is 0 Å². The molecule has 2 atom stereocenters. The number of hydrogen-bond acceptors (Lipinski definition) is 5. The van der Waals surface area contributed by atoms with Gasteiger partial charge in [-0.15, -0.1) is 0 Å². The van der Waals surface area contributed by atoms with Crippen LogP contribution in [-0.4, -0.2) is 58.3 Å². The summed E-state index contributed by atoms with van der Waals surface area (Å²) in [5.41, 5.74) is -0.903. The van der Waals surface area contributed by atoms with Crippen molar-refractivity contribution in [3.8, 4) is 0 Å². The average Bonchev–Trinajstić information content (AvgIpc) is 2.27. The van der Waals surface area contributed by atoms with Crippen LogP contribution in [0.3, 0.4) is 0 Å². The van der Waals surface area contributed by atoms with E-state index in [9.17, 15) is 9.90 Å². The first kappa shape index (κ1) is 15.3. The zero-order valence-corrected chi connectivity index (χ0v) is 9.68. The van der Waals surface area contributed by atoms with Gasteiger partial charge in [0.05, 0.1) is 19.3 Å². The van der Waals surface area contributed by atoms with Gasteiger partial charge in [-0.25, -0.2) is 0 Å². The number of carbonyl (C=O) groups is 1. The van der Waals surface area contributed by atoms with Gasteiger partial charge in [-0.3, -0.25) is 4.79 Å². The van der Waals surface area contributed by atoms with E-state index in [0.717, 1.165) is 0 Å². The molecule has 6 nitrogen and oxygen atoms in total. The van der Waals surface area contributed by atoms with Crippen molar-refractivity contribution in [1.82, 2.24) is 5.32 Å². The van der Waals surface area contributed by atoms with Crippen LogP contribution >= 0.6 is 0 Å². The highest BCUT2D eigenvalue weighted by atomic mass is 16.3. The van der Waals surface area contributed by atoms with Gasteiger partial charge in [0.25, 0.3) is 0 Å². The molecule has 0 aliphatic carbocycles. The van der Waals surface area contributed by atoms with Crippen LogP contribution in [-0.2, 0) is 4.79 Å². The van der Waals surface area contributed by atoms with Crippen molar-refractivity contribution in [2.45, 2.75) is 32.5 Å². The molecule has 96 valence electrons. The molecule has 0 aliphatic heterocycles. The summed E-state index contributed by atoms with van der Waals surface area (Å²) < 4.78 is 0. The second-order valence-electron chi connectivity index (χ2n) is 4.47. The molecule has 0 bridgehead atoms. The van der Waals surface area contributed by atoms with E-state index >= 15 is 0 Å². The molecule has 0 rings (SSSR count). The van der Waals surface area contributed by atoms with Gasteiger partial charge in [-0.05, 0) is 6.42 Å². The lowest BCUT2D eigenvalue weighted by Gasteiger charge is -2.27. The maximum atomic E-state index is 11.4. The Bertz CT molecular complexity index is 219. The molecule has 0 aliphatic rings. The smallest absolute Gasteiger partial charge is 0.249 e. The summed E-state index contributed by atoms with van der Waals surface area (Å²) in [7, 11) is 0. The molecule has 0 saturated carbocycles. The Morgan fingerprint density at radius 3 is 2.31 bits per heavy atom. The topological polar surface area (TPSA) is 110 Å². The average molecular weight is 235 g/mol. The second-order valence-corrected chi connectivity index (χ2v) is 4.47. The van der Waals surface area contributed by atoms with Crippen molar-refractivity contribution in [3.05, 3.63) is 0 Å². The van der Waals surface area contributed by atoms with Crippen LogP contribution in [0.1, 0.15) is 20.3 Å². The van der Waals surface area contributed by atoms with Gasteiger partial charge in [0.15, 0.2) is 0 Å². The summed E-state index contributed by atoms with van der Waals surface area (Å²) in [6.45, 7) is 2.64. The third-order valence-corrected chi connectivity index (χ3v) is 2.38. The number of nitrogens with one attached hydrogen (secondary N) is 1. The number of rotatable bonds is 7. The first-order valence-corrected chi connectivity index (χ1v) is 5.20. The van der Waals surface area contributed by atoms with Gasteiger partial charge in [-0.2, -0.15) is 0 Å². The fourth-order valence-corrected chi connectivity index (χ4v) is 0.991. The molecular formula is C10H21NO5. The Morgan fingerprint density at radius 1 is 1.31 bits per heavy atom. The summed E-state index contributed by atoms with van der Waals surface area (Å²) in [4.78, 5) is 11.4. The van der Waals surface area contributed by atoms with Crippen molar-refractivity contribution >= 4 is 5.91 Å². The molecule has 0 heterocycles. The minimum atomic E-state index is -1.30. The predicted molar refractivity (Wildman–Crippen MR) is 57.6 cm³/mol. The third kappa shape index (κ3) is 4.89. The molecule has 1 amide bonds. The van der Waals surface area contributed by atoms with E-state index in [4.69, 9.17) is 15.3 Å². The van der Waals surface area contributed by atoms with E-state index in [2.05, 4.69) is 5.32 Å². The molecule has 0 radical (unpaired) electrons. The van der Waals surface area contributed by atoms with Gasteiger partial charge >= 0.3 is 0 Å². The van der Waals surface area contributed by atoms with Gasteiger partial charge in [0.2, 0.25) is 5.91 Å². The molecule has 5 N–H and O–H groups in total. The van der Waals surface area contributed by atoms with Crippen molar-refractivity contribution in [2.24, 2.45) is 5.41 Å². The summed E-state index contributed by atoms with van der Waals surface area (Å²) in [6, 6.07) is 0. The van der Waals surface area contributed by atoms with Crippen LogP contribution in [0.2, 0.25) is 0 Å². The van der Waals surface area contributed by atoms with Crippen LogP contribution in [0, 0.1) is 5.41 Å². The minimum Gasteiger partial charge on any atom is -0.396 e. The molecule has 0 aromatic rings. The van der Waals surface area contributed by atoms with Gasteiger partial charge in [0.1, 0.15) is 6.10 Å². The van der Waals surface area contributed by atoms with Crippen molar-refractivity contribution in [2.75, 3.05) is 19.8 Å². The summed E-state index contributed by atoms with van der Waals surface area (Å²) >= 11 is 0. The summed E-state index contributed by atoms with van der Waals surface area (Å²) in [6.07, 6.45) is -1.96. The molecular weight excluding hydrogens is 214 g/mol. The van der Waals surface area contributed by atoms with Crippen LogP contribution in [0.5, 0.6) is 0 Å². The summed E-state index contributed by atoms with van der Waals surface area (Å²) in [5.74, 6) is -0.593. The summed E-state index contributed by atoms with van der Waals surface area (Å²) in [5, 5.41) is 38.5. The highest BCUT2D eigenvalue weighted by Gasteiger charge is 2.32. The molecule has 0 saturated heterocycles. The van der Waals surface area contributed by atoms with Crippen LogP contribution < -0.4 is 5.32 Å². The number of aliphatic hydroxyl groups is 4. The van der Waals surface area contributed by atoms with Crippen LogP contribution in [0.4, 0.5) is 0 Å². The molecule has 16 heavy (non-hydrogen) atoms. The van der Waals surface area contributed by atoms with Gasteiger partial charge < -0.3 is 25.7 Å². The molecule has 0 aromatic heterocycles. The lowest BCUT2D eigenvalue weighted by molar-refractivity contribution is -0.137. The maximum Gasteiger partial charge on any atom is 0.249 e. The van der Waals surface area contributed by atoms with E-state index < -0.39 is 23.5 Å². The van der Waals surface area contributed by atoms with Crippen molar-refractivity contribution in [3.63, 3.8) is 0 Å². The first-order chi connectivity index (χ1) is 7.35. The number of hydrogen-bond donors (Lipinski definition) is 5. The molecule has 0 fully saturated rings. The van der Waals surface area contributed by atoms with Crippen molar-refractivity contribution < 1.29 is 25.2 Å². The second kappa shape index (κ2) is 6.80. The lowest BCUT2D eigenvalue weighted by Crippen LogP contribution is -2.46. The SMILES string of the molecule is CC(C)(CO)[C@@H](O)C(=O)NCCC(O)CO. The van der Waals surface area contributed by atoms with Gasteiger partial charge in [0, 0.05) is 12.0 Å². The fraction of sp³-hybridized carbons (Fsp3) is 0.900. The molecule has 6 heteroatoms. The predicted octanol–water partition coefficient (Wildman–Crippen LogP) is -1.77. The first-order valence-electron chi connectivity index (χ1n) is 5.20. The normalized spacial score (nSPS) is 15.6. The van der Waals surface area contributed by atoms with E-state index in [1.807, 2.05) is 0 Å².